The second-order valence-corrected chi connectivity index (χ2v) is 7.41. The van der Waals surface area contributed by atoms with E-state index in [0.29, 0.717) is 26.6 Å². The number of aliphatic carboxylic acids is 1. The number of rotatable bonds is 8. The van der Waals surface area contributed by atoms with Gasteiger partial charge < -0.3 is 15.2 Å². The normalized spacial score (nSPS) is 10.6. The Kier molecular flexibility index (Phi) is 6.64. The first kappa shape index (κ1) is 22.7. The first-order valence-corrected chi connectivity index (χ1v) is 10.3. The van der Waals surface area contributed by atoms with Crippen LogP contribution in [0, 0.1) is 0 Å². The fourth-order valence-corrected chi connectivity index (χ4v) is 3.12. The number of benzene rings is 2. The molecule has 0 aliphatic heterocycles. The van der Waals surface area contributed by atoms with Crippen molar-refractivity contribution < 1.29 is 14.6 Å². The standard InChI is InChI=1S/C22H17ClN6O5/c23-15-4-2-14(3-5-15)12-28-19(27-21(32)29(22(28)33)13-18(30)31)26-16-6-8-17(9-7-16)34-20-24-10-1-11-25-20/h1-11H,12-13H2,(H,30,31)(H,26,27,32). The van der Waals surface area contributed by atoms with Crippen LogP contribution in [0.25, 0.3) is 0 Å². The van der Waals surface area contributed by atoms with Gasteiger partial charge in [0.25, 0.3) is 0 Å². The number of hydrogen-bond donors (Lipinski definition) is 2. The summed E-state index contributed by atoms with van der Waals surface area (Å²) in [4.78, 5) is 48.4. The molecule has 0 spiro atoms. The third-order valence-corrected chi connectivity index (χ3v) is 4.81. The third kappa shape index (κ3) is 5.45. The van der Waals surface area contributed by atoms with Crippen molar-refractivity contribution in [1.29, 1.82) is 0 Å². The number of nitrogens with one attached hydrogen (secondary N) is 1. The maximum atomic E-state index is 13.0. The van der Waals surface area contributed by atoms with Crippen molar-refractivity contribution in [3.05, 3.63) is 98.5 Å². The van der Waals surface area contributed by atoms with Crippen LogP contribution in [-0.4, -0.2) is 35.2 Å². The van der Waals surface area contributed by atoms with Gasteiger partial charge in [0.05, 0.1) is 6.54 Å². The van der Waals surface area contributed by atoms with Crippen molar-refractivity contribution in [1.82, 2.24) is 24.1 Å². The van der Waals surface area contributed by atoms with Gasteiger partial charge in [-0.15, -0.1) is 0 Å². The van der Waals surface area contributed by atoms with Crippen LogP contribution in [0.4, 0.5) is 11.6 Å². The van der Waals surface area contributed by atoms with Gasteiger partial charge in [-0.25, -0.2) is 24.1 Å². The highest BCUT2D eigenvalue weighted by atomic mass is 35.5. The summed E-state index contributed by atoms with van der Waals surface area (Å²) in [6, 6.07) is 15.2. The number of nitrogens with zero attached hydrogens (tertiary/aromatic N) is 5. The van der Waals surface area contributed by atoms with Gasteiger partial charge in [-0.05, 0) is 48.0 Å². The lowest BCUT2D eigenvalue weighted by Gasteiger charge is -2.15. The summed E-state index contributed by atoms with van der Waals surface area (Å²) in [7, 11) is 0. The van der Waals surface area contributed by atoms with Crippen molar-refractivity contribution in [2.24, 2.45) is 0 Å². The molecule has 0 aliphatic rings. The van der Waals surface area contributed by atoms with Gasteiger partial charge in [-0.3, -0.25) is 9.36 Å². The molecule has 12 heteroatoms. The molecule has 11 nitrogen and oxygen atoms in total. The molecule has 2 heterocycles. The molecule has 0 saturated heterocycles. The van der Waals surface area contributed by atoms with E-state index in [2.05, 4.69) is 20.3 Å². The van der Waals surface area contributed by atoms with E-state index in [-0.39, 0.29) is 18.5 Å². The van der Waals surface area contributed by atoms with Crippen LogP contribution in [0.5, 0.6) is 11.8 Å². The zero-order valence-electron chi connectivity index (χ0n) is 17.5. The Balaban J connectivity index is 1.65. The van der Waals surface area contributed by atoms with Gasteiger partial charge in [0.2, 0.25) is 5.95 Å². The Hall–Kier alpha value is -4.51. The zero-order valence-corrected chi connectivity index (χ0v) is 18.2. The van der Waals surface area contributed by atoms with Crippen molar-refractivity contribution in [2.75, 3.05) is 5.32 Å². The molecule has 2 aromatic carbocycles. The lowest BCUT2D eigenvalue weighted by molar-refractivity contribution is -0.137. The van der Waals surface area contributed by atoms with E-state index in [1.54, 1.807) is 67.0 Å². The van der Waals surface area contributed by atoms with E-state index in [1.165, 1.54) is 4.57 Å². The molecule has 172 valence electrons. The van der Waals surface area contributed by atoms with E-state index in [0.717, 1.165) is 0 Å². The molecule has 2 aromatic heterocycles. The maximum Gasteiger partial charge on any atom is 0.355 e. The highest BCUT2D eigenvalue weighted by molar-refractivity contribution is 6.30. The van der Waals surface area contributed by atoms with Crippen LogP contribution >= 0.6 is 11.6 Å². The second-order valence-electron chi connectivity index (χ2n) is 6.98. The van der Waals surface area contributed by atoms with E-state index in [4.69, 9.17) is 21.4 Å². The van der Waals surface area contributed by atoms with Gasteiger partial charge in [0, 0.05) is 23.1 Å². The number of aromatic nitrogens is 5. The molecule has 0 atom stereocenters. The van der Waals surface area contributed by atoms with E-state index in [1.807, 2.05) is 0 Å². The quantitative estimate of drug-likeness (QED) is 0.389. The first-order valence-electron chi connectivity index (χ1n) is 9.89. The first-order chi connectivity index (χ1) is 16.4. The summed E-state index contributed by atoms with van der Waals surface area (Å²) in [6.07, 6.45) is 3.10. The Morgan fingerprint density at radius 1 is 1.00 bits per heavy atom. The van der Waals surface area contributed by atoms with Gasteiger partial charge in [0.15, 0.2) is 0 Å². The Labute approximate surface area is 196 Å². The van der Waals surface area contributed by atoms with Crippen molar-refractivity contribution >= 4 is 29.2 Å². The average molecular weight is 481 g/mol. The van der Waals surface area contributed by atoms with Gasteiger partial charge >= 0.3 is 23.4 Å². The van der Waals surface area contributed by atoms with Crippen molar-refractivity contribution in [3.63, 3.8) is 0 Å². The smallest absolute Gasteiger partial charge is 0.355 e. The summed E-state index contributed by atoms with van der Waals surface area (Å²) < 4.78 is 7.28. The highest BCUT2D eigenvalue weighted by Gasteiger charge is 2.16. The number of carboxylic acid groups (broad SMARTS) is 1. The molecule has 0 unspecified atom stereocenters. The molecule has 0 bridgehead atoms. The van der Waals surface area contributed by atoms with Crippen LogP contribution in [-0.2, 0) is 17.9 Å². The number of ether oxygens (including phenoxy) is 1. The Morgan fingerprint density at radius 2 is 1.68 bits per heavy atom. The average Bonchev–Trinajstić information content (AvgIpc) is 2.82. The van der Waals surface area contributed by atoms with Crippen LogP contribution in [0.3, 0.4) is 0 Å². The monoisotopic (exact) mass is 480 g/mol. The number of halogens is 1. The number of carboxylic acids is 1. The van der Waals surface area contributed by atoms with Gasteiger partial charge in [0.1, 0.15) is 12.3 Å². The third-order valence-electron chi connectivity index (χ3n) is 4.56. The lowest BCUT2D eigenvalue weighted by Crippen LogP contribution is -2.44. The summed E-state index contributed by atoms with van der Waals surface area (Å²) in [5, 5.41) is 12.5. The van der Waals surface area contributed by atoms with Crippen LogP contribution in [0.15, 0.2) is 76.6 Å². The van der Waals surface area contributed by atoms with Crippen LogP contribution in [0.2, 0.25) is 5.02 Å². The van der Waals surface area contributed by atoms with Crippen LogP contribution < -0.4 is 21.4 Å². The SMILES string of the molecule is O=C(O)Cn1c(=O)nc(Nc2ccc(Oc3ncccn3)cc2)n(Cc2ccc(Cl)cc2)c1=O. The Morgan fingerprint density at radius 3 is 2.32 bits per heavy atom. The fraction of sp³-hybridized carbons (Fsp3) is 0.0909. The van der Waals surface area contributed by atoms with Gasteiger partial charge in [-0.2, -0.15) is 4.98 Å². The minimum Gasteiger partial charge on any atom is -0.480 e. The van der Waals surface area contributed by atoms with Gasteiger partial charge in [-0.1, -0.05) is 23.7 Å². The zero-order chi connectivity index (χ0) is 24.1. The second kappa shape index (κ2) is 9.96. The molecule has 0 aliphatic carbocycles. The largest absolute Gasteiger partial charge is 0.480 e. The summed E-state index contributed by atoms with van der Waals surface area (Å²) in [6.45, 7) is -0.781. The molecule has 0 fully saturated rings. The minimum absolute atomic E-state index is 0.0256. The summed E-state index contributed by atoms with van der Waals surface area (Å²) in [5.74, 6) is -0.912. The number of carbonyl (C=O) groups is 1. The van der Waals surface area contributed by atoms with Crippen molar-refractivity contribution in [2.45, 2.75) is 13.1 Å². The van der Waals surface area contributed by atoms with Crippen LogP contribution in [0.1, 0.15) is 5.56 Å². The molecule has 2 N–H and O–H groups in total. The van der Waals surface area contributed by atoms with E-state index >= 15 is 0 Å². The number of anilines is 2. The minimum atomic E-state index is -1.34. The topological polar surface area (TPSA) is 141 Å². The maximum absolute atomic E-state index is 13.0. The lowest BCUT2D eigenvalue weighted by atomic mass is 10.2. The molecule has 0 saturated carbocycles. The van der Waals surface area contributed by atoms with E-state index in [9.17, 15) is 14.4 Å². The predicted octanol–water partition coefficient (Wildman–Crippen LogP) is 2.52. The Bertz CT molecular complexity index is 1420. The molecule has 0 radical (unpaired) electrons. The predicted molar refractivity (Wildman–Crippen MR) is 123 cm³/mol. The molecule has 0 amide bonds. The van der Waals surface area contributed by atoms with E-state index < -0.39 is 23.9 Å². The summed E-state index contributed by atoms with van der Waals surface area (Å²) in [5.41, 5.74) is -0.596. The molecular weight excluding hydrogens is 464 g/mol. The molecular formula is C22H17ClN6O5. The van der Waals surface area contributed by atoms with Crippen molar-refractivity contribution in [3.8, 4) is 11.8 Å². The molecule has 4 aromatic rings. The fourth-order valence-electron chi connectivity index (χ4n) is 2.99. The number of hydrogen-bond acceptors (Lipinski definition) is 8. The summed E-state index contributed by atoms with van der Waals surface area (Å²) >= 11 is 5.93. The molecule has 34 heavy (non-hydrogen) atoms. The molecule has 4 rings (SSSR count). The highest BCUT2D eigenvalue weighted by Crippen LogP contribution is 2.21.